The molecule has 1 fully saturated rings. The molecule has 3 aromatic rings. The Bertz CT molecular complexity index is 1050. The Hall–Kier alpha value is -3.07. The minimum atomic E-state index is -1.30. The summed E-state index contributed by atoms with van der Waals surface area (Å²) in [5, 5.41) is 18.0. The van der Waals surface area contributed by atoms with Crippen molar-refractivity contribution < 1.29 is 9.50 Å². The van der Waals surface area contributed by atoms with Crippen molar-refractivity contribution >= 4 is 34.2 Å². The summed E-state index contributed by atoms with van der Waals surface area (Å²) in [5.74, 6) is 2.75. The molecule has 9 heteroatoms. The Morgan fingerprint density at radius 1 is 1.17 bits per heavy atom. The monoisotopic (exact) mass is 411 g/mol. The first-order chi connectivity index (χ1) is 14.5. The van der Waals surface area contributed by atoms with Crippen LogP contribution in [0, 0.1) is 0 Å². The van der Waals surface area contributed by atoms with Gasteiger partial charge in [0, 0.05) is 37.6 Å². The lowest BCUT2D eigenvalue weighted by Gasteiger charge is -2.32. The van der Waals surface area contributed by atoms with Crippen LogP contribution in [0.3, 0.4) is 0 Å². The minimum Gasteiger partial charge on any atom is -0.390 e. The molecule has 0 radical (unpaired) electrons. The van der Waals surface area contributed by atoms with E-state index in [1.54, 1.807) is 23.4 Å². The SMILES string of the molecule is CNc1ncc(C(C)C)c2cc(Nc3ccnc(N4CCC(O)[C@H](F)C4)n3)ncc12. The quantitative estimate of drug-likeness (QED) is 0.589. The molecular formula is C21H26FN7O. The second-order valence-electron chi connectivity index (χ2n) is 7.77. The van der Waals surface area contributed by atoms with Gasteiger partial charge in [-0.3, -0.25) is 0 Å². The standard InChI is InChI=1S/C21H26FN7O/c1-12(2)14-9-26-20(23-3)15-10-25-19(8-13(14)15)27-18-4-6-24-21(28-18)29-7-5-17(30)16(22)11-29/h4,6,8-10,12,16-17,30H,5,7,11H2,1-3H3,(H,23,26)(H,24,25,27,28)/t16-,17?/m1/s1. The van der Waals surface area contributed by atoms with Crippen LogP contribution in [-0.2, 0) is 0 Å². The van der Waals surface area contributed by atoms with Crippen molar-refractivity contribution in [2.24, 2.45) is 0 Å². The fourth-order valence-electron chi connectivity index (χ4n) is 3.66. The summed E-state index contributed by atoms with van der Waals surface area (Å²) in [6, 6.07) is 3.74. The third-order valence-electron chi connectivity index (χ3n) is 5.35. The maximum Gasteiger partial charge on any atom is 0.227 e. The summed E-state index contributed by atoms with van der Waals surface area (Å²) in [5.41, 5.74) is 1.14. The van der Waals surface area contributed by atoms with E-state index in [9.17, 15) is 9.50 Å². The van der Waals surface area contributed by atoms with Gasteiger partial charge in [0.05, 0.1) is 12.6 Å². The van der Waals surface area contributed by atoms with Gasteiger partial charge < -0.3 is 20.6 Å². The number of halogens is 1. The number of alkyl halides is 1. The average molecular weight is 411 g/mol. The molecule has 1 unspecified atom stereocenters. The van der Waals surface area contributed by atoms with Gasteiger partial charge in [0.25, 0.3) is 0 Å². The molecule has 0 aromatic carbocycles. The van der Waals surface area contributed by atoms with Gasteiger partial charge in [0.1, 0.15) is 23.6 Å². The molecule has 30 heavy (non-hydrogen) atoms. The predicted molar refractivity (Wildman–Crippen MR) is 116 cm³/mol. The Morgan fingerprint density at radius 3 is 2.73 bits per heavy atom. The molecule has 158 valence electrons. The first kappa shape index (κ1) is 20.2. The van der Waals surface area contributed by atoms with Crippen LogP contribution in [0.2, 0.25) is 0 Å². The first-order valence-electron chi connectivity index (χ1n) is 10.1. The predicted octanol–water partition coefficient (Wildman–Crippen LogP) is 3.24. The smallest absolute Gasteiger partial charge is 0.227 e. The molecule has 8 nitrogen and oxygen atoms in total. The number of anilines is 4. The molecule has 1 saturated heterocycles. The molecule has 1 aliphatic rings. The molecule has 0 amide bonds. The van der Waals surface area contributed by atoms with E-state index in [0.717, 1.165) is 22.2 Å². The number of fused-ring (bicyclic) bond motifs is 1. The summed E-state index contributed by atoms with van der Waals surface area (Å²) in [6.45, 7) is 4.86. The number of hydrogen-bond donors (Lipinski definition) is 3. The number of hydrogen-bond acceptors (Lipinski definition) is 8. The normalized spacial score (nSPS) is 19.3. The van der Waals surface area contributed by atoms with Gasteiger partial charge in [-0.2, -0.15) is 4.98 Å². The van der Waals surface area contributed by atoms with Crippen LogP contribution in [0.25, 0.3) is 10.8 Å². The highest BCUT2D eigenvalue weighted by molar-refractivity contribution is 5.95. The molecule has 4 heterocycles. The van der Waals surface area contributed by atoms with Gasteiger partial charge in [-0.25, -0.2) is 19.3 Å². The van der Waals surface area contributed by atoms with Crippen molar-refractivity contribution in [3.05, 3.63) is 36.3 Å². The van der Waals surface area contributed by atoms with Gasteiger partial charge in [-0.15, -0.1) is 0 Å². The number of aliphatic hydroxyl groups is 1. The average Bonchev–Trinajstić information content (AvgIpc) is 2.74. The minimum absolute atomic E-state index is 0.0797. The number of aliphatic hydroxyl groups excluding tert-OH is 1. The van der Waals surface area contributed by atoms with E-state index in [1.165, 1.54) is 0 Å². The summed E-state index contributed by atoms with van der Waals surface area (Å²) < 4.78 is 13.9. The van der Waals surface area contributed by atoms with E-state index in [1.807, 2.05) is 19.3 Å². The second kappa shape index (κ2) is 8.35. The lowest BCUT2D eigenvalue weighted by molar-refractivity contribution is 0.0612. The third kappa shape index (κ3) is 3.97. The van der Waals surface area contributed by atoms with Gasteiger partial charge in [-0.1, -0.05) is 13.8 Å². The van der Waals surface area contributed by atoms with Gasteiger partial charge >= 0.3 is 0 Å². The molecule has 0 spiro atoms. The van der Waals surface area contributed by atoms with Crippen molar-refractivity contribution in [3.8, 4) is 0 Å². The maximum absolute atomic E-state index is 13.9. The number of piperidine rings is 1. The van der Waals surface area contributed by atoms with Crippen LogP contribution in [-0.4, -0.2) is 57.5 Å². The first-order valence-corrected chi connectivity index (χ1v) is 10.1. The van der Waals surface area contributed by atoms with Gasteiger partial charge in [-0.05, 0) is 35.4 Å². The number of aromatic nitrogens is 4. The fourth-order valence-corrected chi connectivity index (χ4v) is 3.66. The van der Waals surface area contributed by atoms with Gasteiger partial charge in [0.15, 0.2) is 0 Å². The van der Waals surface area contributed by atoms with Crippen LogP contribution < -0.4 is 15.5 Å². The Kier molecular flexibility index (Phi) is 5.63. The van der Waals surface area contributed by atoms with Crippen molar-refractivity contribution in [3.63, 3.8) is 0 Å². The van der Waals surface area contributed by atoms with E-state index in [0.29, 0.717) is 36.5 Å². The zero-order valence-electron chi connectivity index (χ0n) is 17.3. The topological polar surface area (TPSA) is 99.1 Å². The van der Waals surface area contributed by atoms with Crippen LogP contribution in [0.4, 0.5) is 27.8 Å². The Morgan fingerprint density at radius 2 is 2.00 bits per heavy atom. The zero-order chi connectivity index (χ0) is 21.3. The van der Waals surface area contributed by atoms with E-state index < -0.39 is 12.3 Å². The zero-order valence-corrected chi connectivity index (χ0v) is 17.3. The van der Waals surface area contributed by atoms with E-state index in [2.05, 4.69) is 44.4 Å². The van der Waals surface area contributed by atoms with Crippen LogP contribution in [0.5, 0.6) is 0 Å². The number of pyridine rings is 2. The molecule has 0 saturated carbocycles. The van der Waals surface area contributed by atoms with Crippen molar-refractivity contribution in [2.75, 3.05) is 35.7 Å². The van der Waals surface area contributed by atoms with Gasteiger partial charge in [0.2, 0.25) is 5.95 Å². The molecule has 1 aliphatic heterocycles. The van der Waals surface area contributed by atoms with E-state index in [4.69, 9.17) is 0 Å². The summed E-state index contributed by atoms with van der Waals surface area (Å²) in [4.78, 5) is 19.5. The van der Waals surface area contributed by atoms with E-state index in [-0.39, 0.29) is 6.54 Å². The molecule has 0 aliphatic carbocycles. The van der Waals surface area contributed by atoms with Crippen molar-refractivity contribution in [2.45, 2.75) is 38.5 Å². The van der Waals surface area contributed by atoms with Crippen LogP contribution >= 0.6 is 0 Å². The third-order valence-corrected chi connectivity index (χ3v) is 5.35. The largest absolute Gasteiger partial charge is 0.390 e. The summed E-state index contributed by atoms with van der Waals surface area (Å²) in [6.07, 6.45) is 3.45. The van der Waals surface area contributed by atoms with Crippen molar-refractivity contribution in [1.29, 1.82) is 0 Å². The van der Waals surface area contributed by atoms with E-state index >= 15 is 0 Å². The summed E-state index contributed by atoms with van der Waals surface area (Å²) in [7, 11) is 1.84. The highest BCUT2D eigenvalue weighted by Gasteiger charge is 2.28. The molecule has 2 atom stereocenters. The Labute approximate surface area is 174 Å². The molecule has 3 aromatic heterocycles. The lowest BCUT2D eigenvalue weighted by Crippen LogP contribution is -2.45. The molecule has 4 rings (SSSR count). The number of nitrogens with zero attached hydrogens (tertiary/aromatic N) is 5. The Balaban J connectivity index is 1.62. The lowest BCUT2D eigenvalue weighted by atomic mass is 9.99. The maximum atomic E-state index is 13.9. The van der Waals surface area contributed by atoms with Crippen LogP contribution in [0.1, 0.15) is 31.7 Å². The molecular weight excluding hydrogens is 385 g/mol. The molecule has 0 bridgehead atoms. The second-order valence-corrected chi connectivity index (χ2v) is 7.77. The van der Waals surface area contributed by atoms with Crippen LogP contribution in [0.15, 0.2) is 30.7 Å². The molecule has 3 N–H and O–H groups in total. The highest BCUT2D eigenvalue weighted by Crippen LogP contribution is 2.30. The van der Waals surface area contributed by atoms with Crippen molar-refractivity contribution in [1.82, 2.24) is 19.9 Å². The fraction of sp³-hybridized carbons (Fsp3) is 0.429. The number of nitrogens with one attached hydrogen (secondary N) is 2. The highest BCUT2D eigenvalue weighted by atomic mass is 19.1. The summed E-state index contributed by atoms with van der Waals surface area (Å²) >= 11 is 0. The number of rotatable bonds is 5.